The molecular weight excluding hydrogens is 254 g/mol. The molecule has 1 aromatic heterocycles. The van der Waals surface area contributed by atoms with Crippen molar-refractivity contribution in [3.8, 4) is 0 Å². The van der Waals surface area contributed by atoms with Crippen molar-refractivity contribution in [2.75, 3.05) is 18.0 Å². The molecule has 0 amide bonds. The Kier molecular flexibility index (Phi) is 3.59. The van der Waals surface area contributed by atoms with Gasteiger partial charge in [-0.15, -0.1) is 5.10 Å². The van der Waals surface area contributed by atoms with E-state index in [1.807, 2.05) is 0 Å². The third kappa shape index (κ3) is 2.62. The van der Waals surface area contributed by atoms with Gasteiger partial charge in [0.25, 0.3) is 0 Å². The van der Waals surface area contributed by atoms with Gasteiger partial charge in [-0.25, -0.2) is 0 Å². The molecule has 0 saturated carbocycles. The first-order chi connectivity index (χ1) is 9.63. The van der Waals surface area contributed by atoms with E-state index in [1.165, 1.54) is 12.0 Å². The third-order valence-corrected chi connectivity index (χ3v) is 4.48. The standard InChI is InChI=1S/C15H21N3O2/c1-10-4-5-13-12(7-10)8-14(17-16-13)18-6-2-3-11(9-18)15(19)20/h8,10-11H,2-7,9H2,1H3,(H,19,20)/t10-,11+/m1/s1. The maximum absolute atomic E-state index is 11.1. The van der Waals surface area contributed by atoms with Crippen molar-refractivity contribution in [3.63, 3.8) is 0 Å². The predicted octanol–water partition coefficient (Wildman–Crippen LogP) is 1.90. The average Bonchev–Trinajstić information content (AvgIpc) is 2.46. The molecule has 2 atom stereocenters. The molecule has 1 aliphatic heterocycles. The molecule has 2 aliphatic rings. The molecule has 1 N–H and O–H groups in total. The van der Waals surface area contributed by atoms with Gasteiger partial charge < -0.3 is 10.0 Å². The van der Waals surface area contributed by atoms with Crippen LogP contribution in [-0.4, -0.2) is 34.4 Å². The lowest BCUT2D eigenvalue weighted by atomic mass is 9.88. The van der Waals surface area contributed by atoms with E-state index in [1.54, 1.807) is 0 Å². The van der Waals surface area contributed by atoms with Crippen molar-refractivity contribution >= 4 is 11.8 Å². The molecule has 1 aromatic rings. The van der Waals surface area contributed by atoms with Crippen molar-refractivity contribution in [1.82, 2.24) is 10.2 Å². The number of carbonyl (C=O) groups is 1. The van der Waals surface area contributed by atoms with Gasteiger partial charge in [0.05, 0.1) is 11.6 Å². The molecule has 0 aromatic carbocycles. The summed E-state index contributed by atoms with van der Waals surface area (Å²) in [4.78, 5) is 13.2. The molecule has 0 bridgehead atoms. The highest BCUT2D eigenvalue weighted by molar-refractivity contribution is 5.71. The summed E-state index contributed by atoms with van der Waals surface area (Å²) in [5.41, 5.74) is 2.42. The van der Waals surface area contributed by atoms with E-state index >= 15 is 0 Å². The first-order valence-electron chi connectivity index (χ1n) is 7.46. The van der Waals surface area contributed by atoms with Crippen molar-refractivity contribution < 1.29 is 9.90 Å². The van der Waals surface area contributed by atoms with E-state index in [-0.39, 0.29) is 5.92 Å². The Morgan fingerprint density at radius 3 is 3.05 bits per heavy atom. The second kappa shape index (κ2) is 5.38. The van der Waals surface area contributed by atoms with Crippen LogP contribution in [0.25, 0.3) is 0 Å². The summed E-state index contributed by atoms with van der Waals surface area (Å²) < 4.78 is 0. The Labute approximate surface area is 119 Å². The fraction of sp³-hybridized carbons (Fsp3) is 0.667. The molecule has 0 spiro atoms. The van der Waals surface area contributed by atoms with Gasteiger partial charge in [-0.2, -0.15) is 5.10 Å². The molecule has 20 heavy (non-hydrogen) atoms. The Bertz CT molecular complexity index is 518. The highest BCUT2D eigenvalue weighted by Crippen LogP contribution is 2.27. The zero-order valence-electron chi connectivity index (χ0n) is 11.9. The molecule has 108 valence electrons. The van der Waals surface area contributed by atoms with E-state index in [2.05, 4.69) is 28.1 Å². The quantitative estimate of drug-likeness (QED) is 0.893. The second-order valence-corrected chi connectivity index (χ2v) is 6.15. The lowest BCUT2D eigenvalue weighted by Gasteiger charge is -2.32. The highest BCUT2D eigenvalue weighted by atomic mass is 16.4. The molecule has 5 heteroatoms. The van der Waals surface area contributed by atoms with Gasteiger partial charge in [-0.3, -0.25) is 4.79 Å². The third-order valence-electron chi connectivity index (χ3n) is 4.48. The lowest BCUT2D eigenvalue weighted by Crippen LogP contribution is -2.39. The number of fused-ring (bicyclic) bond motifs is 1. The highest BCUT2D eigenvalue weighted by Gasteiger charge is 2.27. The van der Waals surface area contributed by atoms with Gasteiger partial charge in [-0.05, 0) is 49.7 Å². The Morgan fingerprint density at radius 2 is 2.25 bits per heavy atom. The lowest BCUT2D eigenvalue weighted by molar-refractivity contribution is -0.141. The molecule has 1 saturated heterocycles. The smallest absolute Gasteiger partial charge is 0.308 e. The van der Waals surface area contributed by atoms with Gasteiger partial charge in [0.1, 0.15) is 0 Å². The number of piperidine rings is 1. The second-order valence-electron chi connectivity index (χ2n) is 6.15. The largest absolute Gasteiger partial charge is 0.481 e. The van der Waals surface area contributed by atoms with Crippen LogP contribution in [0.1, 0.15) is 37.4 Å². The summed E-state index contributed by atoms with van der Waals surface area (Å²) in [5.74, 6) is 0.575. The van der Waals surface area contributed by atoms with E-state index < -0.39 is 5.97 Å². The molecular formula is C15H21N3O2. The van der Waals surface area contributed by atoms with E-state index in [0.29, 0.717) is 12.5 Å². The van der Waals surface area contributed by atoms with Gasteiger partial charge in [0.15, 0.2) is 5.82 Å². The van der Waals surface area contributed by atoms with Crippen LogP contribution >= 0.6 is 0 Å². The number of hydrogen-bond acceptors (Lipinski definition) is 4. The van der Waals surface area contributed by atoms with Crippen LogP contribution in [0, 0.1) is 11.8 Å². The minimum absolute atomic E-state index is 0.277. The summed E-state index contributed by atoms with van der Waals surface area (Å²) in [6, 6.07) is 2.13. The zero-order valence-corrected chi connectivity index (χ0v) is 11.9. The summed E-state index contributed by atoms with van der Waals surface area (Å²) in [6.07, 6.45) is 4.94. The first kappa shape index (κ1) is 13.3. The first-order valence-corrected chi connectivity index (χ1v) is 7.46. The fourth-order valence-electron chi connectivity index (χ4n) is 3.23. The number of hydrogen-bond donors (Lipinski definition) is 1. The summed E-state index contributed by atoms with van der Waals surface area (Å²) in [7, 11) is 0. The monoisotopic (exact) mass is 275 g/mol. The minimum Gasteiger partial charge on any atom is -0.481 e. The van der Waals surface area contributed by atoms with Gasteiger partial charge in [-0.1, -0.05) is 6.92 Å². The molecule has 3 rings (SSSR count). The number of nitrogens with zero attached hydrogens (tertiary/aromatic N) is 3. The van der Waals surface area contributed by atoms with Crippen molar-refractivity contribution in [2.24, 2.45) is 11.8 Å². The van der Waals surface area contributed by atoms with E-state index in [0.717, 1.165) is 43.7 Å². The maximum atomic E-state index is 11.1. The van der Waals surface area contributed by atoms with Crippen LogP contribution in [0.5, 0.6) is 0 Å². The average molecular weight is 275 g/mol. The fourth-order valence-corrected chi connectivity index (χ4v) is 3.23. The van der Waals surface area contributed by atoms with Gasteiger partial charge >= 0.3 is 5.97 Å². The van der Waals surface area contributed by atoms with Crippen LogP contribution in [-0.2, 0) is 17.6 Å². The Balaban J connectivity index is 1.80. The maximum Gasteiger partial charge on any atom is 0.308 e. The predicted molar refractivity (Wildman–Crippen MR) is 75.8 cm³/mol. The molecule has 2 heterocycles. The van der Waals surface area contributed by atoms with E-state index in [4.69, 9.17) is 5.11 Å². The Morgan fingerprint density at radius 1 is 1.40 bits per heavy atom. The molecule has 1 aliphatic carbocycles. The molecule has 5 nitrogen and oxygen atoms in total. The van der Waals surface area contributed by atoms with Crippen molar-refractivity contribution in [3.05, 3.63) is 17.3 Å². The number of rotatable bonds is 2. The topological polar surface area (TPSA) is 66.3 Å². The molecule has 0 unspecified atom stereocenters. The minimum atomic E-state index is -0.700. The van der Waals surface area contributed by atoms with Crippen LogP contribution in [0.15, 0.2) is 6.07 Å². The number of carboxylic acids is 1. The van der Waals surface area contributed by atoms with Crippen LogP contribution in [0.3, 0.4) is 0 Å². The van der Waals surface area contributed by atoms with Crippen LogP contribution < -0.4 is 4.90 Å². The number of carboxylic acid groups (broad SMARTS) is 1. The van der Waals surface area contributed by atoms with Gasteiger partial charge in [0, 0.05) is 13.1 Å². The van der Waals surface area contributed by atoms with Crippen molar-refractivity contribution in [1.29, 1.82) is 0 Å². The zero-order chi connectivity index (χ0) is 14.1. The van der Waals surface area contributed by atoms with Crippen LogP contribution in [0.4, 0.5) is 5.82 Å². The molecule has 1 fully saturated rings. The van der Waals surface area contributed by atoms with Crippen molar-refractivity contribution in [2.45, 2.75) is 39.0 Å². The SMILES string of the molecule is C[C@@H]1CCc2nnc(N3CCC[C@H](C(=O)O)C3)cc2C1. The van der Waals surface area contributed by atoms with Crippen LogP contribution in [0.2, 0.25) is 0 Å². The summed E-state index contributed by atoms with van der Waals surface area (Å²) >= 11 is 0. The van der Waals surface area contributed by atoms with Gasteiger partial charge in [0.2, 0.25) is 0 Å². The number of aromatic nitrogens is 2. The Hall–Kier alpha value is -1.65. The number of aryl methyl sites for hydroxylation is 1. The van der Waals surface area contributed by atoms with E-state index in [9.17, 15) is 4.79 Å². The summed E-state index contributed by atoms with van der Waals surface area (Å²) in [6.45, 7) is 3.70. The number of aliphatic carboxylic acids is 1. The normalized spacial score (nSPS) is 26.1. The summed E-state index contributed by atoms with van der Waals surface area (Å²) in [5, 5.41) is 17.8. The molecule has 0 radical (unpaired) electrons. The number of anilines is 1.